The van der Waals surface area contributed by atoms with Gasteiger partial charge in [-0.15, -0.1) is 0 Å². The highest BCUT2D eigenvalue weighted by molar-refractivity contribution is 9.10. The third-order valence-corrected chi connectivity index (χ3v) is 3.30. The molecule has 0 saturated heterocycles. The molecule has 1 aromatic carbocycles. The number of halogens is 1. The van der Waals surface area contributed by atoms with E-state index in [1.807, 2.05) is 0 Å². The summed E-state index contributed by atoms with van der Waals surface area (Å²) in [5, 5.41) is 3.59. The molecule has 0 aliphatic rings. The molecule has 1 aromatic rings. The Morgan fingerprint density at radius 2 is 2.07 bits per heavy atom. The molecule has 0 radical (unpaired) electrons. The van der Waals surface area contributed by atoms with Crippen molar-refractivity contribution in [2.75, 3.05) is 5.32 Å². The summed E-state index contributed by atoms with van der Waals surface area (Å²) in [6.07, 6.45) is 3.64. The van der Waals surface area contributed by atoms with Crippen molar-refractivity contribution in [3.05, 3.63) is 28.2 Å². The summed E-state index contributed by atoms with van der Waals surface area (Å²) in [5.41, 5.74) is 2.52. The molecule has 0 aliphatic heterocycles. The van der Waals surface area contributed by atoms with Crippen molar-refractivity contribution in [1.82, 2.24) is 0 Å². The van der Waals surface area contributed by atoms with Crippen molar-refractivity contribution in [2.45, 2.75) is 46.1 Å². The zero-order valence-electron chi connectivity index (χ0n) is 9.81. The molecule has 0 spiro atoms. The van der Waals surface area contributed by atoms with E-state index < -0.39 is 0 Å². The van der Waals surface area contributed by atoms with Crippen LogP contribution in [0.15, 0.2) is 22.7 Å². The van der Waals surface area contributed by atoms with Gasteiger partial charge in [-0.25, -0.2) is 0 Å². The standard InChI is InChI=1S/C13H20BrN/c1-4-6-11(5-2)15-13-9-10(3)7-8-12(13)14/h7-9,11,15H,4-6H2,1-3H3. The third-order valence-electron chi connectivity index (χ3n) is 2.61. The molecule has 0 aliphatic carbocycles. The fourth-order valence-corrected chi connectivity index (χ4v) is 2.06. The summed E-state index contributed by atoms with van der Waals surface area (Å²) in [4.78, 5) is 0. The van der Waals surface area contributed by atoms with E-state index in [0.29, 0.717) is 6.04 Å². The largest absolute Gasteiger partial charge is 0.381 e. The molecule has 15 heavy (non-hydrogen) atoms. The predicted octanol–water partition coefficient (Wildman–Crippen LogP) is 4.75. The average Bonchev–Trinajstić information content (AvgIpc) is 2.22. The van der Waals surface area contributed by atoms with E-state index in [0.717, 1.165) is 4.47 Å². The Balaban J connectivity index is 2.73. The van der Waals surface area contributed by atoms with Crippen LogP contribution in [-0.4, -0.2) is 6.04 Å². The van der Waals surface area contributed by atoms with Crippen LogP contribution in [0, 0.1) is 6.92 Å². The highest BCUT2D eigenvalue weighted by Crippen LogP contribution is 2.25. The summed E-state index contributed by atoms with van der Waals surface area (Å²) >= 11 is 3.58. The van der Waals surface area contributed by atoms with Gasteiger partial charge >= 0.3 is 0 Å². The van der Waals surface area contributed by atoms with Gasteiger partial charge in [-0.3, -0.25) is 0 Å². The van der Waals surface area contributed by atoms with Gasteiger partial charge in [-0.1, -0.05) is 26.3 Å². The van der Waals surface area contributed by atoms with Crippen LogP contribution in [-0.2, 0) is 0 Å². The lowest BCUT2D eigenvalue weighted by Gasteiger charge is -2.18. The van der Waals surface area contributed by atoms with Crippen molar-refractivity contribution < 1.29 is 0 Å². The van der Waals surface area contributed by atoms with Gasteiger partial charge < -0.3 is 5.32 Å². The van der Waals surface area contributed by atoms with Crippen molar-refractivity contribution >= 4 is 21.6 Å². The molecular weight excluding hydrogens is 250 g/mol. The van der Waals surface area contributed by atoms with Crippen molar-refractivity contribution in [3.63, 3.8) is 0 Å². The number of nitrogens with one attached hydrogen (secondary N) is 1. The van der Waals surface area contributed by atoms with Crippen molar-refractivity contribution in [1.29, 1.82) is 0 Å². The summed E-state index contributed by atoms with van der Waals surface area (Å²) in [7, 11) is 0. The van der Waals surface area contributed by atoms with E-state index in [-0.39, 0.29) is 0 Å². The number of rotatable bonds is 5. The van der Waals surface area contributed by atoms with Crippen LogP contribution in [0.3, 0.4) is 0 Å². The van der Waals surface area contributed by atoms with Gasteiger partial charge in [0.15, 0.2) is 0 Å². The fraction of sp³-hybridized carbons (Fsp3) is 0.538. The van der Waals surface area contributed by atoms with Gasteiger partial charge in [0.1, 0.15) is 0 Å². The molecule has 0 fully saturated rings. The van der Waals surface area contributed by atoms with Gasteiger partial charge in [-0.05, 0) is 53.4 Å². The van der Waals surface area contributed by atoms with Crippen LogP contribution in [0.4, 0.5) is 5.69 Å². The minimum Gasteiger partial charge on any atom is -0.381 e. The molecule has 0 heterocycles. The molecule has 1 atom stereocenters. The lowest BCUT2D eigenvalue weighted by molar-refractivity contribution is 0.622. The molecule has 0 bridgehead atoms. The van der Waals surface area contributed by atoms with E-state index in [2.05, 4.69) is 60.2 Å². The first-order valence-electron chi connectivity index (χ1n) is 5.70. The molecule has 2 heteroatoms. The first kappa shape index (κ1) is 12.6. The van der Waals surface area contributed by atoms with Crippen molar-refractivity contribution in [3.8, 4) is 0 Å². The van der Waals surface area contributed by atoms with E-state index in [1.165, 1.54) is 30.5 Å². The molecule has 1 rings (SSSR count). The molecule has 0 amide bonds. The summed E-state index contributed by atoms with van der Waals surface area (Å²) in [5.74, 6) is 0. The van der Waals surface area contributed by atoms with Crippen LogP contribution in [0.25, 0.3) is 0 Å². The lowest BCUT2D eigenvalue weighted by atomic mass is 10.1. The highest BCUT2D eigenvalue weighted by atomic mass is 79.9. The van der Waals surface area contributed by atoms with Gasteiger partial charge in [0.25, 0.3) is 0 Å². The molecule has 1 nitrogen and oxygen atoms in total. The Labute approximate surface area is 101 Å². The highest BCUT2D eigenvalue weighted by Gasteiger charge is 2.06. The van der Waals surface area contributed by atoms with E-state index in [1.54, 1.807) is 0 Å². The van der Waals surface area contributed by atoms with Crippen LogP contribution in [0.1, 0.15) is 38.7 Å². The maximum absolute atomic E-state index is 3.59. The second-order valence-electron chi connectivity index (χ2n) is 4.02. The minimum atomic E-state index is 0.591. The van der Waals surface area contributed by atoms with Crippen molar-refractivity contribution in [2.24, 2.45) is 0 Å². The quantitative estimate of drug-likeness (QED) is 0.814. The van der Waals surface area contributed by atoms with E-state index in [9.17, 15) is 0 Å². The maximum Gasteiger partial charge on any atom is 0.0489 e. The molecule has 84 valence electrons. The fourth-order valence-electron chi connectivity index (χ4n) is 1.70. The number of benzene rings is 1. The lowest BCUT2D eigenvalue weighted by Crippen LogP contribution is -2.18. The summed E-state index contributed by atoms with van der Waals surface area (Å²) < 4.78 is 1.16. The van der Waals surface area contributed by atoms with Crippen LogP contribution in [0.2, 0.25) is 0 Å². The molecule has 0 saturated carbocycles. The molecular formula is C13H20BrN. The topological polar surface area (TPSA) is 12.0 Å². The molecule has 1 N–H and O–H groups in total. The normalized spacial score (nSPS) is 12.5. The number of hydrogen-bond acceptors (Lipinski definition) is 1. The van der Waals surface area contributed by atoms with Crippen LogP contribution < -0.4 is 5.32 Å². The minimum absolute atomic E-state index is 0.591. The number of anilines is 1. The van der Waals surface area contributed by atoms with E-state index in [4.69, 9.17) is 0 Å². The first-order chi connectivity index (χ1) is 7.17. The third kappa shape index (κ3) is 3.86. The Bertz CT molecular complexity index is 309. The number of aryl methyl sites for hydroxylation is 1. The van der Waals surface area contributed by atoms with Gasteiger partial charge in [0.2, 0.25) is 0 Å². The second kappa shape index (κ2) is 6.16. The van der Waals surface area contributed by atoms with Crippen LogP contribution >= 0.6 is 15.9 Å². The van der Waals surface area contributed by atoms with Gasteiger partial charge in [-0.2, -0.15) is 0 Å². The van der Waals surface area contributed by atoms with Crippen LogP contribution in [0.5, 0.6) is 0 Å². The van der Waals surface area contributed by atoms with E-state index >= 15 is 0 Å². The predicted molar refractivity (Wildman–Crippen MR) is 71.5 cm³/mol. The SMILES string of the molecule is CCCC(CC)Nc1cc(C)ccc1Br. The maximum atomic E-state index is 3.59. The summed E-state index contributed by atoms with van der Waals surface area (Å²) in [6, 6.07) is 7.02. The van der Waals surface area contributed by atoms with Gasteiger partial charge in [0.05, 0.1) is 0 Å². The Morgan fingerprint density at radius 1 is 1.33 bits per heavy atom. The smallest absolute Gasteiger partial charge is 0.0489 e. The zero-order valence-corrected chi connectivity index (χ0v) is 11.4. The molecule has 1 unspecified atom stereocenters. The van der Waals surface area contributed by atoms with Gasteiger partial charge in [0, 0.05) is 16.2 Å². The Morgan fingerprint density at radius 3 is 2.67 bits per heavy atom. The molecule has 0 aromatic heterocycles. The first-order valence-corrected chi connectivity index (χ1v) is 6.49. The number of hydrogen-bond donors (Lipinski definition) is 1. The average molecular weight is 270 g/mol. The Hall–Kier alpha value is -0.500. The Kier molecular flexibility index (Phi) is 5.16. The zero-order chi connectivity index (χ0) is 11.3. The monoisotopic (exact) mass is 269 g/mol. The second-order valence-corrected chi connectivity index (χ2v) is 4.88. The summed E-state index contributed by atoms with van der Waals surface area (Å²) in [6.45, 7) is 6.59.